The molecule has 0 radical (unpaired) electrons. The Labute approximate surface area is 192 Å². The van der Waals surface area contributed by atoms with Crippen molar-refractivity contribution in [2.75, 3.05) is 4.90 Å². The number of rotatable bonds is 5. The minimum atomic E-state index is -5.58. The maximum Gasteiger partial charge on any atom is 0.501 e. The largest absolute Gasteiger partial charge is 0.501 e. The van der Waals surface area contributed by atoms with Crippen LogP contribution in [0.3, 0.4) is 0 Å². The van der Waals surface area contributed by atoms with Gasteiger partial charge in [-0.2, -0.15) is 13.2 Å². The zero-order chi connectivity index (χ0) is 24.8. The third-order valence-electron chi connectivity index (χ3n) is 5.49. The molecule has 0 saturated carbocycles. The van der Waals surface area contributed by atoms with E-state index < -0.39 is 44.3 Å². The Morgan fingerprint density at radius 1 is 1.06 bits per heavy atom. The van der Waals surface area contributed by atoms with Crippen molar-refractivity contribution in [1.29, 1.82) is 0 Å². The average molecular weight is 493 g/mol. The lowest BCUT2D eigenvalue weighted by Gasteiger charge is -2.24. The Morgan fingerprint density at radius 2 is 1.71 bits per heavy atom. The fraction of sp³-hybridized carbons (Fsp3) is 0.227. The number of halogens is 3. The molecule has 1 unspecified atom stereocenters. The second-order valence-electron chi connectivity index (χ2n) is 7.70. The van der Waals surface area contributed by atoms with Crippen molar-refractivity contribution in [2.45, 2.75) is 36.0 Å². The Bertz CT molecular complexity index is 1370. The van der Waals surface area contributed by atoms with Crippen molar-refractivity contribution in [3.63, 3.8) is 0 Å². The lowest BCUT2D eigenvalue weighted by molar-refractivity contribution is -0.122. The first-order valence-corrected chi connectivity index (χ1v) is 11.5. The van der Waals surface area contributed by atoms with Crippen LogP contribution in [0.5, 0.6) is 0 Å². The van der Waals surface area contributed by atoms with Crippen LogP contribution in [0, 0.1) is 0 Å². The van der Waals surface area contributed by atoms with Crippen LogP contribution in [-0.2, 0) is 21.2 Å². The van der Waals surface area contributed by atoms with Gasteiger partial charge >= 0.3 is 11.5 Å². The number of aliphatic hydroxyl groups is 1. The number of carbonyl (C=O) groups is 2. The molecule has 1 aromatic heterocycles. The fourth-order valence-corrected chi connectivity index (χ4v) is 4.62. The number of aliphatic hydroxyl groups excluding tert-OH is 1. The first kappa shape index (κ1) is 23.6. The minimum Gasteiger partial charge on any atom is -0.391 e. The van der Waals surface area contributed by atoms with E-state index in [9.17, 15) is 36.3 Å². The van der Waals surface area contributed by atoms with Gasteiger partial charge in [-0.1, -0.05) is 18.2 Å². The highest BCUT2D eigenvalue weighted by molar-refractivity contribution is 7.92. The Morgan fingerprint density at radius 3 is 2.32 bits per heavy atom. The Hall–Kier alpha value is -3.51. The summed E-state index contributed by atoms with van der Waals surface area (Å²) in [6.45, 7) is 1.30. The number of hydrogen-bond donors (Lipinski definition) is 1. The highest BCUT2D eigenvalue weighted by Gasteiger charge is 2.49. The standard InChI is InChI=1S/C22H18F3N3O5S/c1-13(29)19-20(30)28(15-6-8-16(9-7-15)34(32,33)22(23,24)25)21(31)27(19)12-14-10-11-26-18-5-3-2-4-17(14)18/h2-11,13,19,29H,12H2,1H3/t13?,19-/m1/s1. The van der Waals surface area contributed by atoms with Crippen molar-refractivity contribution in [2.24, 2.45) is 0 Å². The van der Waals surface area contributed by atoms with Crippen LogP contribution in [0.1, 0.15) is 12.5 Å². The van der Waals surface area contributed by atoms with Crippen molar-refractivity contribution in [3.05, 3.63) is 66.4 Å². The first-order valence-electron chi connectivity index (χ1n) is 10.00. The molecular formula is C22H18F3N3O5S. The predicted octanol–water partition coefficient (Wildman–Crippen LogP) is 3.25. The van der Waals surface area contributed by atoms with Gasteiger partial charge in [0.15, 0.2) is 0 Å². The number of fused-ring (bicyclic) bond motifs is 1. The van der Waals surface area contributed by atoms with E-state index in [1.165, 1.54) is 6.92 Å². The molecule has 34 heavy (non-hydrogen) atoms. The molecule has 3 aromatic rings. The summed E-state index contributed by atoms with van der Waals surface area (Å²) < 4.78 is 61.6. The number of benzene rings is 2. The fourth-order valence-electron chi connectivity index (χ4n) is 3.86. The number of urea groups is 1. The molecule has 2 atom stereocenters. The summed E-state index contributed by atoms with van der Waals surface area (Å²) in [6.07, 6.45) is 0.300. The molecule has 4 rings (SSSR count). The van der Waals surface area contributed by atoms with Gasteiger partial charge in [0.2, 0.25) is 0 Å². The van der Waals surface area contributed by atoms with Gasteiger partial charge in [-0.05, 0) is 48.9 Å². The zero-order valence-electron chi connectivity index (χ0n) is 17.6. The van der Waals surface area contributed by atoms with Gasteiger partial charge in [-0.3, -0.25) is 9.78 Å². The van der Waals surface area contributed by atoms with E-state index in [1.807, 2.05) is 0 Å². The lowest BCUT2D eigenvalue weighted by atomic mass is 10.1. The summed E-state index contributed by atoms with van der Waals surface area (Å²) in [6, 6.07) is 10.0. The van der Waals surface area contributed by atoms with E-state index >= 15 is 0 Å². The number of para-hydroxylation sites is 1. The van der Waals surface area contributed by atoms with Gasteiger partial charge in [-0.15, -0.1) is 0 Å². The molecule has 0 spiro atoms. The normalized spacial score (nSPS) is 18.1. The Kier molecular flexibility index (Phi) is 5.82. The first-order chi connectivity index (χ1) is 15.9. The van der Waals surface area contributed by atoms with Gasteiger partial charge in [0, 0.05) is 18.1 Å². The number of aromatic nitrogens is 1. The number of carbonyl (C=O) groups excluding carboxylic acids is 2. The minimum absolute atomic E-state index is 0.0415. The number of nitrogens with zero attached hydrogens (tertiary/aromatic N) is 3. The molecule has 1 fully saturated rings. The van der Waals surface area contributed by atoms with Crippen molar-refractivity contribution in [3.8, 4) is 0 Å². The SMILES string of the molecule is CC(O)[C@@H]1C(=O)N(c2ccc(S(=O)(=O)C(F)(F)F)cc2)C(=O)N1Cc1ccnc2ccccc12. The predicted molar refractivity (Wildman–Crippen MR) is 115 cm³/mol. The summed E-state index contributed by atoms with van der Waals surface area (Å²) in [5, 5.41) is 11.0. The van der Waals surface area contributed by atoms with E-state index in [1.54, 1.807) is 36.5 Å². The molecule has 8 nitrogen and oxygen atoms in total. The van der Waals surface area contributed by atoms with E-state index in [0.717, 1.165) is 22.4 Å². The smallest absolute Gasteiger partial charge is 0.391 e. The van der Waals surface area contributed by atoms with Gasteiger partial charge in [0.05, 0.1) is 22.2 Å². The number of alkyl halides is 3. The molecule has 3 amide bonds. The number of sulfone groups is 1. The van der Waals surface area contributed by atoms with Gasteiger partial charge in [0.25, 0.3) is 15.7 Å². The van der Waals surface area contributed by atoms with E-state index in [-0.39, 0.29) is 12.2 Å². The lowest BCUT2D eigenvalue weighted by Crippen LogP contribution is -2.42. The van der Waals surface area contributed by atoms with Gasteiger partial charge in [-0.25, -0.2) is 18.1 Å². The van der Waals surface area contributed by atoms with Gasteiger partial charge in [0.1, 0.15) is 6.04 Å². The molecule has 1 saturated heterocycles. The number of pyridine rings is 1. The van der Waals surface area contributed by atoms with Crippen molar-refractivity contribution in [1.82, 2.24) is 9.88 Å². The number of imide groups is 1. The maximum absolute atomic E-state index is 13.2. The van der Waals surface area contributed by atoms with Crippen LogP contribution < -0.4 is 4.90 Å². The number of hydrogen-bond acceptors (Lipinski definition) is 6. The summed E-state index contributed by atoms with van der Waals surface area (Å²) >= 11 is 0. The van der Waals surface area contributed by atoms with Crippen LogP contribution in [0.15, 0.2) is 65.7 Å². The molecule has 2 aromatic carbocycles. The monoisotopic (exact) mass is 493 g/mol. The second-order valence-corrected chi connectivity index (χ2v) is 9.64. The summed E-state index contributed by atoms with van der Waals surface area (Å²) in [5.74, 6) is -0.787. The Balaban J connectivity index is 1.69. The third-order valence-corrected chi connectivity index (χ3v) is 7.00. The maximum atomic E-state index is 13.2. The van der Waals surface area contributed by atoms with Crippen LogP contribution >= 0.6 is 0 Å². The molecule has 1 aliphatic rings. The van der Waals surface area contributed by atoms with Crippen molar-refractivity contribution >= 4 is 38.4 Å². The van der Waals surface area contributed by atoms with Crippen LogP contribution in [0.4, 0.5) is 23.7 Å². The van der Waals surface area contributed by atoms with Crippen LogP contribution in [0.25, 0.3) is 10.9 Å². The molecule has 1 aliphatic heterocycles. The average Bonchev–Trinajstić information content (AvgIpc) is 3.02. The highest BCUT2D eigenvalue weighted by Crippen LogP contribution is 2.33. The van der Waals surface area contributed by atoms with Crippen LogP contribution in [0.2, 0.25) is 0 Å². The third kappa shape index (κ3) is 3.88. The second kappa shape index (κ2) is 8.37. The molecule has 0 bridgehead atoms. The molecule has 178 valence electrons. The summed E-state index contributed by atoms with van der Waals surface area (Å²) in [4.78, 5) is 31.4. The number of anilines is 1. The van der Waals surface area contributed by atoms with Crippen LogP contribution in [-0.4, -0.2) is 53.0 Å². The quantitative estimate of drug-likeness (QED) is 0.547. The molecule has 1 N–H and O–H groups in total. The van der Waals surface area contributed by atoms with Crippen molar-refractivity contribution < 1.29 is 36.3 Å². The zero-order valence-corrected chi connectivity index (χ0v) is 18.4. The molecule has 2 heterocycles. The summed E-state index contributed by atoms with van der Waals surface area (Å²) in [7, 11) is -5.58. The molecule has 0 aliphatic carbocycles. The van der Waals surface area contributed by atoms with E-state index in [2.05, 4.69) is 4.98 Å². The molecule has 12 heteroatoms. The van der Waals surface area contributed by atoms with E-state index in [0.29, 0.717) is 28.1 Å². The topological polar surface area (TPSA) is 108 Å². The van der Waals surface area contributed by atoms with E-state index in [4.69, 9.17) is 0 Å². The molecular weight excluding hydrogens is 475 g/mol. The number of amides is 3. The summed E-state index contributed by atoms with van der Waals surface area (Å²) in [5.41, 5.74) is -4.27. The van der Waals surface area contributed by atoms with Gasteiger partial charge < -0.3 is 10.0 Å². The highest BCUT2D eigenvalue weighted by atomic mass is 32.2.